The molecule has 0 bridgehead atoms. The molecule has 0 aliphatic carbocycles. The van der Waals surface area contributed by atoms with Gasteiger partial charge in [0.25, 0.3) is 5.56 Å². The van der Waals surface area contributed by atoms with Crippen LogP contribution in [0.15, 0.2) is 9.59 Å². The maximum atomic E-state index is 11.9. The molecule has 1 unspecified atom stereocenters. The number of amides is 1. The quantitative estimate of drug-likeness (QED) is 0.522. The number of nitrogens with zero attached hydrogens (tertiary/aromatic N) is 2. The second kappa shape index (κ2) is 7.11. The molecule has 2 heterocycles. The van der Waals surface area contributed by atoms with Gasteiger partial charge in [0, 0.05) is 19.9 Å². The maximum absolute atomic E-state index is 11.9. The lowest BCUT2D eigenvalue weighted by molar-refractivity contribution is -0.142. The van der Waals surface area contributed by atoms with Crippen molar-refractivity contribution in [3.63, 3.8) is 0 Å². The van der Waals surface area contributed by atoms with Crippen LogP contribution < -0.4 is 16.6 Å². The van der Waals surface area contributed by atoms with E-state index in [4.69, 9.17) is 5.11 Å². The van der Waals surface area contributed by atoms with Crippen LogP contribution in [-0.4, -0.2) is 42.5 Å². The van der Waals surface area contributed by atoms with Gasteiger partial charge in [-0.3, -0.25) is 19.1 Å². The standard InChI is InChI=1S/C14H19N5O5/c1-3-4-7(13(22)23)15-9(20)6-5-8-16-10-11(17-8)19(2)14(24)18-12(10)21/h7H,3-6H2,1-2H3,(H,15,20)(H,16,17)(H,22,23)(H,18,21,24). The van der Waals surface area contributed by atoms with Crippen molar-refractivity contribution in [3.8, 4) is 0 Å². The van der Waals surface area contributed by atoms with Gasteiger partial charge in [0.2, 0.25) is 5.91 Å². The van der Waals surface area contributed by atoms with Crippen molar-refractivity contribution in [2.24, 2.45) is 7.05 Å². The van der Waals surface area contributed by atoms with Gasteiger partial charge in [0.15, 0.2) is 5.65 Å². The molecule has 0 spiro atoms. The molecule has 10 heteroatoms. The van der Waals surface area contributed by atoms with Crippen molar-refractivity contribution in [1.29, 1.82) is 0 Å². The van der Waals surface area contributed by atoms with E-state index in [9.17, 15) is 19.2 Å². The Hall–Kier alpha value is -2.91. The first kappa shape index (κ1) is 17.4. The predicted octanol–water partition coefficient (Wildman–Crippen LogP) is -0.748. The summed E-state index contributed by atoms with van der Waals surface area (Å²) in [5.74, 6) is -1.12. The normalized spacial score (nSPS) is 12.2. The van der Waals surface area contributed by atoms with E-state index in [1.165, 1.54) is 11.6 Å². The Morgan fingerprint density at radius 3 is 2.67 bits per heavy atom. The molecule has 0 aromatic carbocycles. The molecule has 0 saturated carbocycles. The Morgan fingerprint density at radius 2 is 2.04 bits per heavy atom. The molecule has 2 aromatic heterocycles. The number of fused-ring (bicyclic) bond motifs is 1. The van der Waals surface area contributed by atoms with Crippen LogP contribution in [0.2, 0.25) is 0 Å². The number of carbonyl (C=O) groups excluding carboxylic acids is 1. The molecule has 2 rings (SSSR count). The molecule has 24 heavy (non-hydrogen) atoms. The third kappa shape index (κ3) is 3.70. The molecule has 2 aromatic rings. The highest BCUT2D eigenvalue weighted by Crippen LogP contribution is 2.06. The zero-order valence-corrected chi connectivity index (χ0v) is 13.4. The number of aromatic nitrogens is 4. The monoisotopic (exact) mass is 337 g/mol. The molecule has 10 nitrogen and oxygen atoms in total. The van der Waals surface area contributed by atoms with Gasteiger partial charge < -0.3 is 15.4 Å². The van der Waals surface area contributed by atoms with E-state index < -0.39 is 29.2 Å². The molecule has 0 aliphatic heterocycles. The molecular weight excluding hydrogens is 318 g/mol. The number of rotatable bonds is 7. The van der Waals surface area contributed by atoms with Crippen LogP contribution >= 0.6 is 0 Å². The third-order valence-electron chi connectivity index (χ3n) is 3.60. The highest BCUT2D eigenvalue weighted by molar-refractivity contribution is 5.83. The van der Waals surface area contributed by atoms with Crippen molar-refractivity contribution in [1.82, 2.24) is 24.8 Å². The lowest BCUT2D eigenvalue weighted by atomic mass is 10.1. The zero-order chi connectivity index (χ0) is 17.9. The summed E-state index contributed by atoms with van der Waals surface area (Å²) in [7, 11) is 1.47. The highest BCUT2D eigenvalue weighted by atomic mass is 16.4. The van der Waals surface area contributed by atoms with Crippen LogP contribution in [0.25, 0.3) is 11.2 Å². The molecule has 0 saturated heterocycles. The lowest BCUT2D eigenvalue weighted by Crippen LogP contribution is -2.40. The molecule has 130 valence electrons. The van der Waals surface area contributed by atoms with Crippen molar-refractivity contribution in [3.05, 3.63) is 26.7 Å². The first-order valence-corrected chi connectivity index (χ1v) is 7.53. The van der Waals surface area contributed by atoms with E-state index in [1.54, 1.807) is 0 Å². The Balaban J connectivity index is 2.08. The summed E-state index contributed by atoms with van der Waals surface area (Å²) in [4.78, 5) is 55.2. The van der Waals surface area contributed by atoms with Crippen molar-refractivity contribution >= 4 is 23.0 Å². The molecule has 1 atom stereocenters. The van der Waals surface area contributed by atoms with Gasteiger partial charge in [0.05, 0.1) is 0 Å². The zero-order valence-electron chi connectivity index (χ0n) is 13.4. The summed E-state index contributed by atoms with van der Waals surface area (Å²) < 4.78 is 1.19. The summed E-state index contributed by atoms with van der Waals surface area (Å²) in [5.41, 5.74) is -0.798. The fourth-order valence-electron chi connectivity index (χ4n) is 2.32. The predicted molar refractivity (Wildman–Crippen MR) is 84.8 cm³/mol. The molecule has 1 amide bonds. The highest BCUT2D eigenvalue weighted by Gasteiger charge is 2.19. The number of carboxylic acids is 1. The fourth-order valence-corrected chi connectivity index (χ4v) is 2.32. The average Bonchev–Trinajstić information content (AvgIpc) is 2.95. The number of aliphatic carboxylic acids is 1. The first-order chi connectivity index (χ1) is 11.3. The number of nitrogens with one attached hydrogen (secondary N) is 3. The maximum Gasteiger partial charge on any atom is 0.329 e. The Kier molecular flexibility index (Phi) is 5.17. The van der Waals surface area contributed by atoms with E-state index in [0.717, 1.165) is 0 Å². The topological polar surface area (TPSA) is 150 Å². The molecule has 4 N–H and O–H groups in total. The second-order valence-electron chi connectivity index (χ2n) is 5.45. The number of hydrogen-bond donors (Lipinski definition) is 4. The largest absolute Gasteiger partial charge is 0.480 e. The number of H-pyrrole nitrogens is 2. The molecule has 0 radical (unpaired) electrons. The van der Waals surface area contributed by atoms with E-state index >= 15 is 0 Å². The van der Waals surface area contributed by atoms with E-state index in [0.29, 0.717) is 18.7 Å². The number of hydrogen-bond acceptors (Lipinski definition) is 5. The van der Waals surface area contributed by atoms with Gasteiger partial charge in [-0.1, -0.05) is 13.3 Å². The average molecular weight is 337 g/mol. The molecule has 0 aliphatic rings. The van der Waals surface area contributed by atoms with Crippen LogP contribution in [0.1, 0.15) is 32.0 Å². The summed E-state index contributed by atoms with van der Waals surface area (Å²) in [6.07, 6.45) is 1.19. The summed E-state index contributed by atoms with van der Waals surface area (Å²) in [6, 6.07) is -0.915. The van der Waals surface area contributed by atoms with E-state index in [2.05, 4.69) is 20.3 Å². The SMILES string of the molecule is CCCC(NC(=O)CCc1nc2c([nH]1)c(=O)[nH]c(=O)n2C)C(=O)O. The third-order valence-corrected chi connectivity index (χ3v) is 3.60. The number of carboxylic acid groups (broad SMARTS) is 1. The minimum Gasteiger partial charge on any atom is -0.480 e. The van der Waals surface area contributed by atoms with Gasteiger partial charge in [-0.05, 0) is 6.42 Å². The van der Waals surface area contributed by atoms with Crippen molar-refractivity contribution in [2.75, 3.05) is 0 Å². The minimum atomic E-state index is -1.07. The number of carbonyl (C=O) groups is 2. The first-order valence-electron chi connectivity index (χ1n) is 7.53. The summed E-state index contributed by atoms with van der Waals surface area (Å²) in [5, 5.41) is 11.5. The molecule has 0 fully saturated rings. The van der Waals surface area contributed by atoms with Crippen LogP contribution in [-0.2, 0) is 23.1 Å². The van der Waals surface area contributed by atoms with Crippen LogP contribution in [0.3, 0.4) is 0 Å². The van der Waals surface area contributed by atoms with Crippen molar-refractivity contribution < 1.29 is 14.7 Å². The van der Waals surface area contributed by atoms with Crippen LogP contribution in [0, 0.1) is 0 Å². The number of imidazole rings is 1. The van der Waals surface area contributed by atoms with Crippen LogP contribution in [0.5, 0.6) is 0 Å². The van der Waals surface area contributed by atoms with Gasteiger partial charge >= 0.3 is 11.7 Å². The van der Waals surface area contributed by atoms with Gasteiger partial charge in [-0.25, -0.2) is 14.6 Å². The smallest absolute Gasteiger partial charge is 0.329 e. The lowest BCUT2D eigenvalue weighted by Gasteiger charge is -2.12. The number of aryl methyl sites for hydroxylation is 2. The summed E-state index contributed by atoms with van der Waals surface area (Å²) in [6.45, 7) is 1.83. The Morgan fingerprint density at radius 1 is 1.33 bits per heavy atom. The van der Waals surface area contributed by atoms with E-state index in [-0.39, 0.29) is 24.0 Å². The Labute approximate surface area is 135 Å². The second-order valence-corrected chi connectivity index (χ2v) is 5.45. The Bertz CT molecular complexity index is 878. The van der Waals surface area contributed by atoms with Gasteiger partial charge in [0.1, 0.15) is 17.4 Å². The van der Waals surface area contributed by atoms with Gasteiger partial charge in [-0.15, -0.1) is 0 Å². The fraction of sp³-hybridized carbons (Fsp3) is 0.500. The van der Waals surface area contributed by atoms with Crippen molar-refractivity contribution in [2.45, 2.75) is 38.6 Å². The van der Waals surface area contributed by atoms with E-state index in [1.807, 2.05) is 6.92 Å². The minimum absolute atomic E-state index is 0.0131. The number of aromatic amines is 2. The summed E-state index contributed by atoms with van der Waals surface area (Å²) >= 11 is 0. The van der Waals surface area contributed by atoms with Crippen LogP contribution in [0.4, 0.5) is 0 Å². The van der Waals surface area contributed by atoms with Gasteiger partial charge in [-0.2, -0.15) is 0 Å². The molecular formula is C14H19N5O5.